The molecule has 1 N–H and O–H groups in total. The van der Waals surface area contributed by atoms with Crippen LogP contribution >= 0.6 is 15.9 Å². The number of aliphatic carboxylic acids is 1. The minimum Gasteiger partial charge on any atom is -0.478 e. The van der Waals surface area contributed by atoms with Crippen molar-refractivity contribution in [2.75, 3.05) is 0 Å². The first kappa shape index (κ1) is 16.1. The van der Waals surface area contributed by atoms with E-state index >= 15 is 0 Å². The van der Waals surface area contributed by atoms with Gasteiger partial charge in [0.15, 0.2) is 0 Å². The van der Waals surface area contributed by atoms with Crippen molar-refractivity contribution < 1.29 is 19.1 Å². The molecule has 120 valence electrons. The topological polar surface area (TPSA) is 66.7 Å². The van der Waals surface area contributed by atoms with Gasteiger partial charge in [0.2, 0.25) is 0 Å². The molecule has 0 radical (unpaired) electrons. The van der Waals surface area contributed by atoms with Gasteiger partial charge in [-0.15, -0.1) is 0 Å². The number of benzene rings is 1. The molecule has 3 rings (SSSR count). The second-order valence-corrected chi connectivity index (χ2v) is 6.71. The van der Waals surface area contributed by atoms with E-state index in [0.717, 1.165) is 12.1 Å². The monoisotopic (exact) mass is 379 g/mol. The predicted octanol–water partition coefficient (Wildman–Crippen LogP) is 3.85. The van der Waals surface area contributed by atoms with Crippen LogP contribution in [0.15, 0.2) is 38.9 Å². The standard InChI is InChI=1S/C17H15BrFNO3/c1-8-14(17(22)23)15(9-5-6-11(19)10(18)7-9)16-12(20-8)3-2-4-13(16)21/h5-7,15-16H,2-4H2,1H3,(H,22,23). The largest absolute Gasteiger partial charge is 0.478 e. The van der Waals surface area contributed by atoms with Gasteiger partial charge in [-0.25, -0.2) is 9.18 Å². The third kappa shape index (κ3) is 2.76. The van der Waals surface area contributed by atoms with Gasteiger partial charge in [-0.3, -0.25) is 9.79 Å². The van der Waals surface area contributed by atoms with Gasteiger partial charge in [-0.05, 0) is 53.4 Å². The van der Waals surface area contributed by atoms with Crippen LogP contribution in [0.1, 0.15) is 37.7 Å². The highest BCUT2D eigenvalue weighted by molar-refractivity contribution is 9.10. The first-order valence-electron chi connectivity index (χ1n) is 7.39. The molecule has 6 heteroatoms. The molecule has 0 aromatic heterocycles. The predicted molar refractivity (Wildman–Crippen MR) is 87.0 cm³/mol. The molecule has 1 saturated carbocycles. The van der Waals surface area contributed by atoms with Crippen molar-refractivity contribution in [3.8, 4) is 0 Å². The number of Topliss-reactive ketones (excluding diaryl/α,β-unsaturated/α-hetero) is 1. The van der Waals surface area contributed by atoms with Crippen LogP contribution in [0.25, 0.3) is 0 Å². The average Bonchev–Trinajstić information content (AvgIpc) is 2.48. The number of rotatable bonds is 2. The molecule has 2 unspecified atom stereocenters. The zero-order valence-corrected chi connectivity index (χ0v) is 14.1. The fourth-order valence-electron chi connectivity index (χ4n) is 3.46. The lowest BCUT2D eigenvalue weighted by atomic mass is 9.69. The molecule has 23 heavy (non-hydrogen) atoms. The van der Waals surface area contributed by atoms with Gasteiger partial charge in [0.05, 0.1) is 16.0 Å². The molecule has 1 aliphatic heterocycles. The Morgan fingerprint density at radius 3 is 2.74 bits per heavy atom. The molecule has 2 aliphatic rings. The SMILES string of the molecule is CC1=C(C(=O)O)C(c2ccc(F)c(Br)c2)C2C(=O)CCCC2=N1. The summed E-state index contributed by atoms with van der Waals surface area (Å²) in [6.45, 7) is 1.65. The number of halogens is 2. The van der Waals surface area contributed by atoms with Crippen molar-refractivity contribution in [1.82, 2.24) is 0 Å². The number of carboxylic acids is 1. The second kappa shape index (κ2) is 6.00. The maximum absolute atomic E-state index is 13.5. The van der Waals surface area contributed by atoms with E-state index in [2.05, 4.69) is 20.9 Å². The van der Waals surface area contributed by atoms with Gasteiger partial charge in [0.25, 0.3) is 0 Å². The third-order valence-electron chi connectivity index (χ3n) is 4.44. The van der Waals surface area contributed by atoms with E-state index in [1.807, 2.05) is 0 Å². The molecule has 0 amide bonds. The summed E-state index contributed by atoms with van der Waals surface area (Å²) in [4.78, 5) is 28.6. The van der Waals surface area contributed by atoms with E-state index in [0.29, 0.717) is 24.1 Å². The van der Waals surface area contributed by atoms with Crippen LogP contribution in [-0.4, -0.2) is 22.6 Å². The summed E-state index contributed by atoms with van der Waals surface area (Å²) in [6.07, 6.45) is 1.86. The fraction of sp³-hybridized carbons (Fsp3) is 0.353. The number of hydrogen-bond donors (Lipinski definition) is 1. The van der Waals surface area contributed by atoms with Crippen molar-refractivity contribution in [2.45, 2.75) is 32.1 Å². The Balaban J connectivity index is 2.19. The van der Waals surface area contributed by atoms with Crippen molar-refractivity contribution in [3.05, 3.63) is 45.3 Å². The normalized spacial score (nSPS) is 24.3. The lowest BCUT2D eigenvalue weighted by Gasteiger charge is -2.35. The van der Waals surface area contributed by atoms with E-state index in [9.17, 15) is 19.1 Å². The highest BCUT2D eigenvalue weighted by atomic mass is 79.9. The molecular formula is C17H15BrFNO3. The first-order valence-corrected chi connectivity index (χ1v) is 8.18. The third-order valence-corrected chi connectivity index (χ3v) is 5.05. The van der Waals surface area contributed by atoms with Crippen LogP contribution in [0, 0.1) is 11.7 Å². The molecule has 0 spiro atoms. The molecule has 0 saturated heterocycles. The highest BCUT2D eigenvalue weighted by Crippen LogP contribution is 2.43. The lowest BCUT2D eigenvalue weighted by molar-refractivity contribution is -0.133. The number of allylic oxidation sites excluding steroid dienone is 1. The number of hydrogen-bond acceptors (Lipinski definition) is 3. The summed E-state index contributed by atoms with van der Waals surface area (Å²) in [5.74, 6) is -2.69. The molecule has 2 atom stereocenters. The first-order chi connectivity index (χ1) is 10.9. The van der Waals surface area contributed by atoms with Gasteiger partial charge < -0.3 is 5.11 Å². The van der Waals surface area contributed by atoms with Gasteiger partial charge in [-0.2, -0.15) is 0 Å². The van der Waals surface area contributed by atoms with Gasteiger partial charge >= 0.3 is 5.97 Å². The van der Waals surface area contributed by atoms with Gasteiger partial charge in [0, 0.05) is 23.7 Å². The Labute approximate surface area is 141 Å². The van der Waals surface area contributed by atoms with Crippen LogP contribution in [-0.2, 0) is 9.59 Å². The summed E-state index contributed by atoms with van der Waals surface area (Å²) < 4.78 is 13.8. The summed E-state index contributed by atoms with van der Waals surface area (Å²) in [7, 11) is 0. The smallest absolute Gasteiger partial charge is 0.334 e. The Bertz CT molecular complexity index is 769. The molecule has 1 aromatic carbocycles. The summed E-state index contributed by atoms with van der Waals surface area (Å²) >= 11 is 3.13. The molecule has 0 bridgehead atoms. The summed E-state index contributed by atoms with van der Waals surface area (Å²) in [5.41, 5.74) is 1.90. The maximum atomic E-state index is 13.5. The second-order valence-electron chi connectivity index (χ2n) is 5.86. The van der Waals surface area contributed by atoms with Crippen LogP contribution in [0.3, 0.4) is 0 Å². The minimum atomic E-state index is -1.09. The van der Waals surface area contributed by atoms with Gasteiger partial charge in [-0.1, -0.05) is 6.07 Å². The number of nitrogens with zero attached hydrogens (tertiary/aromatic N) is 1. The Morgan fingerprint density at radius 1 is 1.35 bits per heavy atom. The zero-order chi connectivity index (χ0) is 16.7. The Hall–Kier alpha value is -1.82. The Morgan fingerprint density at radius 2 is 2.09 bits per heavy atom. The molecule has 1 aromatic rings. The fourth-order valence-corrected chi connectivity index (χ4v) is 3.86. The molecule has 4 nitrogen and oxygen atoms in total. The van der Waals surface area contributed by atoms with E-state index in [1.165, 1.54) is 6.07 Å². The van der Waals surface area contributed by atoms with Crippen LogP contribution < -0.4 is 0 Å². The van der Waals surface area contributed by atoms with E-state index < -0.39 is 23.6 Å². The number of ketones is 1. The molecule has 1 heterocycles. The number of carbonyl (C=O) groups is 2. The number of fused-ring (bicyclic) bond motifs is 1. The molecule has 1 aliphatic carbocycles. The van der Waals surface area contributed by atoms with Crippen LogP contribution in [0.2, 0.25) is 0 Å². The molecule has 1 fully saturated rings. The van der Waals surface area contributed by atoms with Crippen LogP contribution in [0.4, 0.5) is 4.39 Å². The average molecular weight is 380 g/mol. The summed E-state index contributed by atoms with van der Waals surface area (Å²) in [6, 6.07) is 4.39. The van der Waals surface area contributed by atoms with Crippen molar-refractivity contribution in [3.63, 3.8) is 0 Å². The summed E-state index contributed by atoms with van der Waals surface area (Å²) in [5, 5.41) is 9.62. The minimum absolute atomic E-state index is 0.00620. The van der Waals surface area contributed by atoms with E-state index in [-0.39, 0.29) is 15.8 Å². The number of carboxylic acid groups (broad SMARTS) is 1. The van der Waals surface area contributed by atoms with Gasteiger partial charge in [0.1, 0.15) is 11.6 Å². The lowest BCUT2D eigenvalue weighted by Crippen LogP contribution is -2.38. The Kier molecular flexibility index (Phi) is 4.19. The number of aliphatic imine (C=N–C) groups is 1. The number of carbonyl (C=O) groups excluding carboxylic acids is 1. The van der Waals surface area contributed by atoms with Crippen molar-refractivity contribution >= 4 is 33.4 Å². The highest BCUT2D eigenvalue weighted by Gasteiger charge is 2.43. The van der Waals surface area contributed by atoms with Crippen molar-refractivity contribution in [1.29, 1.82) is 0 Å². The molecular weight excluding hydrogens is 365 g/mol. The maximum Gasteiger partial charge on any atom is 0.334 e. The van der Waals surface area contributed by atoms with Crippen LogP contribution in [0.5, 0.6) is 0 Å². The van der Waals surface area contributed by atoms with Crippen molar-refractivity contribution in [2.24, 2.45) is 10.9 Å². The zero-order valence-electron chi connectivity index (χ0n) is 12.5. The van der Waals surface area contributed by atoms with E-state index in [4.69, 9.17) is 0 Å². The quantitative estimate of drug-likeness (QED) is 0.848. The van der Waals surface area contributed by atoms with E-state index in [1.54, 1.807) is 19.1 Å².